The number of hydrogen-bond acceptors (Lipinski definition) is 5. The molecule has 2 N–H and O–H groups in total. The summed E-state index contributed by atoms with van der Waals surface area (Å²) in [5.74, 6) is 1.48. The lowest BCUT2D eigenvalue weighted by Gasteiger charge is -2.24. The van der Waals surface area contributed by atoms with E-state index < -0.39 is 10.0 Å². The number of sulfonamides is 1. The lowest BCUT2D eigenvalue weighted by atomic mass is 9.94. The molecule has 1 heterocycles. The van der Waals surface area contributed by atoms with E-state index in [1.54, 1.807) is 18.3 Å². The molecular formula is C17H25N3O3S. The third-order valence-electron chi connectivity index (χ3n) is 4.01. The Balaban J connectivity index is 2.15. The first-order chi connectivity index (χ1) is 11.0. The smallest absolute Gasteiger partial charge is 0.238 e. The van der Waals surface area contributed by atoms with E-state index >= 15 is 0 Å². The summed E-state index contributed by atoms with van der Waals surface area (Å²) in [4.78, 5) is 6.49. The minimum Gasteiger partial charge on any atom is -0.444 e. The molecule has 132 valence electrons. The number of oxazole rings is 1. The Kier molecular flexibility index (Phi) is 5.17. The second-order valence-corrected chi connectivity index (χ2v) is 8.64. The number of hydrogen-bond donors (Lipinski definition) is 1. The van der Waals surface area contributed by atoms with Crippen LogP contribution in [-0.2, 0) is 22.0 Å². The van der Waals surface area contributed by atoms with Crippen molar-refractivity contribution in [3.05, 3.63) is 47.7 Å². The number of nitrogens with zero attached hydrogens (tertiary/aromatic N) is 2. The fourth-order valence-corrected chi connectivity index (χ4v) is 2.85. The Bertz CT molecular complexity index is 806. The molecule has 1 aromatic carbocycles. The number of nitrogens with two attached hydrogens (primary N) is 1. The van der Waals surface area contributed by atoms with Gasteiger partial charge in [-0.15, -0.1) is 0 Å². The second kappa shape index (κ2) is 6.66. The molecule has 2 aromatic rings. The second-order valence-electron chi connectivity index (χ2n) is 7.08. The molecular weight excluding hydrogens is 326 g/mol. The molecule has 0 amide bonds. The first-order valence-electron chi connectivity index (χ1n) is 7.76. The van der Waals surface area contributed by atoms with E-state index in [2.05, 4.69) is 25.8 Å². The quantitative estimate of drug-likeness (QED) is 0.894. The zero-order valence-corrected chi connectivity index (χ0v) is 15.6. The van der Waals surface area contributed by atoms with E-state index in [-0.39, 0.29) is 16.4 Å². The molecule has 0 saturated heterocycles. The van der Waals surface area contributed by atoms with E-state index in [9.17, 15) is 8.42 Å². The third-order valence-corrected chi connectivity index (χ3v) is 4.92. The van der Waals surface area contributed by atoms with Crippen LogP contribution in [0.4, 0.5) is 0 Å². The van der Waals surface area contributed by atoms with Gasteiger partial charge < -0.3 is 4.42 Å². The Morgan fingerprint density at radius 1 is 1.33 bits per heavy atom. The van der Waals surface area contributed by atoms with Crippen LogP contribution in [0.3, 0.4) is 0 Å². The van der Waals surface area contributed by atoms with Crippen LogP contribution < -0.4 is 5.14 Å². The van der Waals surface area contributed by atoms with Crippen molar-refractivity contribution in [1.29, 1.82) is 0 Å². The maximum Gasteiger partial charge on any atom is 0.238 e. The maximum atomic E-state index is 11.5. The molecule has 0 fully saturated rings. The van der Waals surface area contributed by atoms with Crippen LogP contribution >= 0.6 is 0 Å². The molecule has 1 aromatic heterocycles. The molecule has 24 heavy (non-hydrogen) atoms. The first kappa shape index (κ1) is 18.6. The normalized spacial score (nSPS) is 14.1. The molecule has 7 heteroatoms. The molecule has 0 radical (unpaired) electrons. The molecule has 0 aliphatic heterocycles. The molecule has 0 unspecified atom stereocenters. The van der Waals surface area contributed by atoms with Gasteiger partial charge in [-0.1, -0.05) is 32.9 Å². The van der Waals surface area contributed by atoms with Crippen LogP contribution in [0.25, 0.3) is 0 Å². The summed E-state index contributed by atoms with van der Waals surface area (Å²) in [6, 6.07) is 6.66. The van der Waals surface area contributed by atoms with Gasteiger partial charge in [0.05, 0.1) is 17.6 Å². The molecule has 0 spiro atoms. The van der Waals surface area contributed by atoms with E-state index in [0.29, 0.717) is 12.4 Å². The van der Waals surface area contributed by atoms with Crippen LogP contribution in [-0.4, -0.2) is 25.3 Å². The standard InChI is InChI=1S/C17H25N3O3S/c1-12(13-7-6-8-14(9-13)24(18,21)22)20(5)11-16-19-10-15(23-16)17(2,3)4/h6-10,12H,11H2,1-5H3,(H2,18,21,22)/t12-/m0/s1. The number of aromatic nitrogens is 1. The Labute approximate surface area is 143 Å². The number of rotatable bonds is 5. The van der Waals surface area contributed by atoms with Crippen molar-refractivity contribution in [2.75, 3.05) is 7.05 Å². The van der Waals surface area contributed by atoms with Crippen LogP contribution in [0.5, 0.6) is 0 Å². The molecule has 1 atom stereocenters. The average Bonchev–Trinajstić information content (AvgIpc) is 2.94. The van der Waals surface area contributed by atoms with E-state index in [1.807, 2.05) is 24.9 Å². The van der Waals surface area contributed by atoms with Gasteiger partial charge in [-0.2, -0.15) is 0 Å². The fourth-order valence-electron chi connectivity index (χ4n) is 2.29. The van der Waals surface area contributed by atoms with Crippen molar-refractivity contribution in [1.82, 2.24) is 9.88 Å². The van der Waals surface area contributed by atoms with Gasteiger partial charge in [-0.3, -0.25) is 4.90 Å². The monoisotopic (exact) mass is 351 g/mol. The topological polar surface area (TPSA) is 89.4 Å². The van der Waals surface area contributed by atoms with Crippen LogP contribution in [0.1, 0.15) is 51.0 Å². The van der Waals surface area contributed by atoms with E-state index in [0.717, 1.165) is 11.3 Å². The highest BCUT2D eigenvalue weighted by molar-refractivity contribution is 7.89. The van der Waals surface area contributed by atoms with E-state index in [1.165, 1.54) is 6.07 Å². The van der Waals surface area contributed by atoms with Crippen molar-refractivity contribution in [3.8, 4) is 0 Å². The number of primary sulfonamides is 1. The Hall–Kier alpha value is -1.70. The van der Waals surface area contributed by atoms with Gasteiger partial charge >= 0.3 is 0 Å². The predicted octanol–water partition coefficient (Wildman–Crippen LogP) is 2.81. The molecule has 0 aliphatic rings. The average molecular weight is 351 g/mol. The van der Waals surface area contributed by atoms with Gasteiger partial charge in [0, 0.05) is 11.5 Å². The summed E-state index contributed by atoms with van der Waals surface area (Å²) < 4.78 is 28.8. The van der Waals surface area contributed by atoms with Crippen molar-refractivity contribution in [3.63, 3.8) is 0 Å². The lowest BCUT2D eigenvalue weighted by Crippen LogP contribution is -2.22. The van der Waals surface area contributed by atoms with Gasteiger partial charge in [-0.25, -0.2) is 18.5 Å². The van der Waals surface area contributed by atoms with Gasteiger partial charge in [0.15, 0.2) is 0 Å². The fraction of sp³-hybridized carbons (Fsp3) is 0.471. The minimum atomic E-state index is -3.71. The lowest BCUT2D eigenvalue weighted by molar-refractivity contribution is 0.222. The van der Waals surface area contributed by atoms with Gasteiger partial charge in [0.25, 0.3) is 0 Å². The first-order valence-corrected chi connectivity index (χ1v) is 9.31. The van der Waals surface area contributed by atoms with Gasteiger partial charge in [0.2, 0.25) is 15.9 Å². The van der Waals surface area contributed by atoms with E-state index in [4.69, 9.17) is 9.56 Å². The zero-order valence-electron chi connectivity index (χ0n) is 14.8. The molecule has 0 bridgehead atoms. The maximum absolute atomic E-state index is 11.5. The van der Waals surface area contributed by atoms with Gasteiger partial charge in [0.1, 0.15) is 5.76 Å². The van der Waals surface area contributed by atoms with Crippen LogP contribution in [0.15, 0.2) is 39.8 Å². The zero-order chi connectivity index (χ0) is 18.1. The van der Waals surface area contributed by atoms with Crippen molar-refractivity contribution in [2.45, 2.75) is 50.6 Å². The minimum absolute atomic E-state index is 0.0170. The van der Waals surface area contributed by atoms with Crippen LogP contribution in [0, 0.1) is 0 Å². The Morgan fingerprint density at radius 3 is 2.54 bits per heavy atom. The molecule has 2 rings (SSSR count). The van der Waals surface area contributed by atoms with Crippen molar-refractivity contribution in [2.24, 2.45) is 5.14 Å². The highest BCUT2D eigenvalue weighted by Crippen LogP contribution is 2.25. The van der Waals surface area contributed by atoms with Gasteiger partial charge in [-0.05, 0) is 31.7 Å². The molecule has 6 nitrogen and oxygen atoms in total. The van der Waals surface area contributed by atoms with Crippen molar-refractivity contribution >= 4 is 10.0 Å². The highest BCUT2D eigenvalue weighted by Gasteiger charge is 2.21. The summed E-state index contributed by atoms with van der Waals surface area (Å²) in [5, 5.41) is 5.20. The summed E-state index contributed by atoms with van der Waals surface area (Å²) in [5.41, 5.74) is 0.783. The predicted molar refractivity (Wildman–Crippen MR) is 92.9 cm³/mol. The summed E-state index contributed by atoms with van der Waals surface area (Å²) in [6.07, 6.45) is 1.76. The third kappa shape index (κ3) is 4.43. The SMILES string of the molecule is C[C@@H](c1cccc(S(N)(=O)=O)c1)N(C)Cc1ncc(C(C)(C)C)o1. The summed E-state index contributed by atoms with van der Waals surface area (Å²) in [6.45, 7) is 8.74. The number of benzene rings is 1. The van der Waals surface area contributed by atoms with Crippen molar-refractivity contribution < 1.29 is 12.8 Å². The van der Waals surface area contributed by atoms with Crippen LogP contribution in [0.2, 0.25) is 0 Å². The summed E-state index contributed by atoms with van der Waals surface area (Å²) >= 11 is 0. The molecule has 0 aliphatic carbocycles. The molecule has 0 saturated carbocycles. The Morgan fingerprint density at radius 2 is 2.00 bits per heavy atom. The summed E-state index contributed by atoms with van der Waals surface area (Å²) in [7, 11) is -1.77. The highest BCUT2D eigenvalue weighted by atomic mass is 32.2. The largest absolute Gasteiger partial charge is 0.444 e.